The first kappa shape index (κ1) is 23.7. The van der Waals surface area contributed by atoms with Crippen LogP contribution in [0.5, 0.6) is 0 Å². The van der Waals surface area contributed by atoms with Crippen LogP contribution in [0.1, 0.15) is 77.0 Å². The van der Waals surface area contributed by atoms with Gasteiger partial charge in [0.1, 0.15) is 0 Å². The van der Waals surface area contributed by atoms with Gasteiger partial charge in [0.2, 0.25) is 0 Å². The number of allylic oxidation sites excluding steroid dienone is 1. The molecule has 1 unspecified atom stereocenters. The van der Waals surface area contributed by atoms with E-state index in [1.54, 1.807) is 0 Å². The summed E-state index contributed by atoms with van der Waals surface area (Å²) >= 11 is 0. The van der Waals surface area contributed by atoms with Gasteiger partial charge in [-0.05, 0) is 18.9 Å². The molecule has 0 spiro atoms. The minimum atomic E-state index is -2.81. The summed E-state index contributed by atoms with van der Waals surface area (Å²) in [4.78, 5) is 0. The predicted molar refractivity (Wildman–Crippen MR) is 104 cm³/mol. The minimum absolute atomic E-state index is 0.109. The molecule has 0 bridgehead atoms. The number of hydrogen-bond donors (Lipinski definition) is 0. The van der Waals surface area contributed by atoms with Crippen LogP contribution in [0, 0.1) is 0 Å². The smallest absolute Gasteiger partial charge is 0.242 e. The third-order valence-electron chi connectivity index (χ3n) is 4.78. The lowest BCUT2D eigenvalue weighted by molar-refractivity contribution is 0.0594. The molecule has 0 aliphatic rings. The van der Waals surface area contributed by atoms with Gasteiger partial charge in [-0.3, -0.25) is 0 Å². The molecular formula is C20H39F3Si. The van der Waals surface area contributed by atoms with Gasteiger partial charge in [-0.1, -0.05) is 89.4 Å². The van der Waals surface area contributed by atoms with E-state index in [1.165, 1.54) is 64.2 Å². The first-order valence-electron chi connectivity index (χ1n) is 9.92. The molecule has 144 valence electrons. The Balaban J connectivity index is 3.37. The molecule has 0 N–H and O–H groups in total. The van der Waals surface area contributed by atoms with E-state index in [2.05, 4.69) is 6.58 Å². The fourth-order valence-corrected chi connectivity index (χ4v) is 5.85. The highest BCUT2D eigenvalue weighted by atomic mass is 28.3. The summed E-state index contributed by atoms with van der Waals surface area (Å²) in [5.74, 6) is 0. The standard InChI is InChI=1S/C20H39F3Si/c1-4-5-6-7-8-9-10-11-12-13-14-15-16-17-24(2,3)18-19(21)20(22)23/h4,19-20H,1,5-18H2,2-3H3. The molecule has 0 rings (SSSR count). The molecule has 0 amide bonds. The fourth-order valence-electron chi connectivity index (χ4n) is 3.20. The van der Waals surface area contributed by atoms with E-state index in [-0.39, 0.29) is 6.04 Å². The number of rotatable bonds is 17. The number of hydrogen-bond acceptors (Lipinski definition) is 0. The van der Waals surface area contributed by atoms with Crippen molar-refractivity contribution in [2.45, 2.75) is 115 Å². The summed E-state index contributed by atoms with van der Waals surface area (Å²) in [6.07, 6.45) is 12.5. The third-order valence-corrected chi connectivity index (χ3v) is 7.99. The highest BCUT2D eigenvalue weighted by molar-refractivity contribution is 6.77. The lowest BCUT2D eigenvalue weighted by Gasteiger charge is -2.24. The summed E-state index contributed by atoms with van der Waals surface area (Å²) in [6.45, 7) is 7.82. The Kier molecular flexibility index (Phi) is 14.9. The van der Waals surface area contributed by atoms with Crippen molar-refractivity contribution in [2.24, 2.45) is 0 Å². The Hall–Kier alpha value is -0.253. The summed E-state index contributed by atoms with van der Waals surface area (Å²) in [6, 6.07) is 1.09. The molecule has 1 atom stereocenters. The summed E-state index contributed by atoms with van der Waals surface area (Å²) in [5, 5.41) is 0. The Morgan fingerprint density at radius 3 is 1.58 bits per heavy atom. The van der Waals surface area contributed by atoms with Crippen molar-refractivity contribution in [3.63, 3.8) is 0 Å². The van der Waals surface area contributed by atoms with Crippen molar-refractivity contribution in [3.05, 3.63) is 12.7 Å². The van der Waals surface area contributed by atoms with E-state index in [1.807, 2.05) is 19.2 Å². The maximum absolute atomic E-state index is 13.2. The number of unbranched alkanes of at least 4 members (excludes halogenated alkanes) is 11. The molecule has 0 aromatic rings. The van der Waals surface area contributed by atoms with Gasteiger partial charge < -0.3 is 0 Å². The average molecular weight is 365 g/mol. The van der Waals surface area contributed by atoms with E-state index in [0.29, 0.717) is 0 Å². The van der Waals surface area contributed by atoms with Gasteiger partial charge in [-0.2, -0.15) is 0 Å². The monoisotopic (exact) mass is 364 g/mol. The van der Waals surface area contributed by atoms with Gasteiger partial charge >= 0.3 is 0 Å². The molecular weight excluding hydrogens is 325 g/mol. The first-order chi connectivity index (χ1) is 11.4. The molecule has 0 heterocycles. The van der Waals surface area contributed by atoms with Crippen LogP contribution in [0.15, 0.2) is 12.7 Å². The maximum Gasteiger partial charge on any atom is 0.269 e. The van der Waals surface area contributed by atoms with Crippen LogP contribution in [0.4, 0.5) is 13.2 Å². The normalized spacial score (nSPS) is 13.4. The van der Waals surface area contributed by atoms with E-state index in [0.717, 1.165) is 18.9 Å². The van der Waals surface area contributed by atoms with Crippen LogP contribution in [-0.2, 0) is 0 Å². The van der Waals surface area contributed by atoms with Crippen LogP contribution in [0.2, 0.25) is 25.2 Å². The zero-order valence-corrected chi connectivity index (χ0v) is 17.0. The van der Waals surface area contributed by atoms with Crippen LogP contribution in [0.25, 0.3) is 0 Å². The van der Waals surface area contributed by atoms with Crippen LogP contribution in [-0.4, -0.2) is 20.7 Å². The molecule has 0 nitrogen and oxygen atoms in total. The van der Waals surface area contributed by atoms with E-state index < -0.39 is 20.7 Å². The number of alkyl halides is 3. The molecule has 4 heteroatoms. The van der Waals surface area contributed by atoms with E-state index >= 15 is 0 Å². The molecule has 0 aromatic heterocycles. The average Bonchev–Trinajstić information content (AvgIpc) is 2.51. The van der Waals surface area contributed by atoms with Gasteiger partial charge in [0.15, 0.2) is 6.17 Å². The summed E-state index contributed by atoms with van der Waals surface area (Å²) in [7, 11) is -1.79. The van der Waals surface area contributed by atoms with Gasteiger partial charge in [-0.25, -0.2) is 13.2 Å². The highest BCUT2D eigenvalue weighted by Crippen LogP contribution is 2.25. The molecule has 0 saturated carbocycles. The maximum atomic E-state index is 13.2. The molecule has 24 heavy (non-hydrogen) atoms. The van der Waals surface area contributed by atoms with Gasteiger partial charge in [0, 0.05) is 0 Å². The largest absolute Gasteiger partial charge is 0.269 e. The zero-order chi connectivity index (χ0) is 18.3. The van der Waals surface area contributed by atoms with Crippen molar-refractivity contribution in [1.82, 2.24) is 0 Å². The van der Waals surface area contributed by atoms with Crippen LogP contribution < -0.4 is 0 Å². The molecule has 0 aliphatic carbocycles. The Labute approximate surface area is 149 Å². The second-order valence-corrected chi connectivity index (χ2v) is 13.2. The Morgan fingerprint density at radius 1 is 0.750 bits per heavy atom. The second-order valence-electron chi connectivity index (χ2n) is 7.94. The topological polar surface area (TPSA) is 0 Å². The second kappa shape index (κ2) is 15.0. The van der Waals surface area contributed by atoms with E-state index in [4.69, 9.17) is 0 Å². The highest BCUT2D eigenvalue weighted by Gasteiger charge is 2.29. The zero-order valence-electron chi connectivity index (χ0n) is 16.0. The van der Waals surface area contributed by atoms with Crippen LogP contribution >= 0.6 is 0 Å². The lowest BCUT2D eigenvalue weighted by Crippen LogP contribution is -2.31. The predicted octanol–water partition coefficient (Wildman–Crippen LogP) is 8.17. The van der Waals surface area contributed by atoms with Crippen molar-refractivity contribution < 1.29 is 13.2 Å². The minimum Gasteiger partial charge on any atom is -0.242 e. The molecule has 0 radical (unpaired) electrons. The lowest BCUT2D eigenvalue weighted by atomic mass is 10.1. The van der Waals surface area contributed by atoms with Crippen molar-refractivity contribution in [2.75, 3.05) is 0 Å². The number of halogens is 3. The summed E-state index contributed by atoms with van der Waals surface area (Å²) in [5.41, 5.74) is 0. The van der Waals surface area contributed by atoms with Crippen molar-refractivity contribution in [1.29, 1.82) is 0 Å². The molecule has 0 saturated heterocycles. The van der Waals surface area contributed by atoms with Gasteiger partial charge in [0.05, 0.1) is 8.07 Å². The van der Waals surface area contributed by atoms with E-state index in [9.17, 15) is 13.2 Å². The van der Waals surface area contributed by atoms with Gasteiger partial charge in [-0.15, -0.1) is 6.58 Å². The molecule has 0 aromatic carbocycles. The molecule has 0 aliphatic heterocycles. The Morgan fingerprint density at radius 2 is 1.17 bits per heavy atom. The first-order valence-corrected chi connectivity index (χ1v) is 13.3. The molecule has 0 fully saturated rings. The Bertz CT molecular complexity index is 293. The summed E-state index contributed by atoms with van der Waals surface area (Å²) < 4.78 is 37.8. The SMILES string of the molecule is C=CCCCCCCCCCCCCC[Si](C)(C)CC(F)C(F)F. The quantitative estimate of drug-likeness (QED) is 0.139. The van der Waals surface area contributed by atoms with Crippen molar-refractivity contribution >= 4 is 8.07 Å². The third kappa shape index (κ3) is 15.3. The van der Waals surface area contributed by atoms with Gasteiger partial charge in [0.25, 0.3) is 6.43 Å². The van der Waals surface area contributed by atoms with Crippen molar-refractivity contribution in [3.8, 4) is 0 Å². The van der Waals surface area contributed by atoms with Crippen LogP contribution in [0.3, 0.4) is 0 Å². The fraction of sp³-hybridized carbons (Fsp3) is 0.900.